The van der Waals surface area contributed by atoms with Crippen LogP contribution in [-0.4, -0.2) is 50.3 Å². The lowest BCUT2D eigenvalue weighted by molar-refractivity contribution is 0.690. The zero-order valence-corrected chi connectivity index (χ0v) is 18.9. The number of nitrogens with zero attached hydrogens (tertiary/aromatic N) is 7. The molecule has 1 N–H and O–H groups in total. The van der Waals surface area contributed by atoms with Crippen LogP contribution in [0.1, 0.15) is 30.4 Å². The fourth-order valence-corrected chi connectivity index (χ4v) is 4.68. The Balaban J connectivity index is 1.63. The maximum atomic E-state index is 13.6. The fraction of sp³-hybridized carbons (Fsp3) is 0.375. The number of nitrogens with one attached hydrogen (secondary N) is 1. The minimum Gasteiger partial charge on any atom is -0.356 e. The van der Waals surface area contributed by atoms with E-state index < -0.39 is 0 Å². The molecule has 1 aliphatic heterocycles. The molecule has 0 spiro atoms. The molecule has 33 heavy (non-hydrogen) atoms. The van der Waals surface area contributed by atoms with E-state index in [4.69, 9.17) is 0 Å². The van der Waals surface area contributed by atoms with Crippen molar-refractivity contribution in [1.29, 1.82) is 5.26 Å². The van der Waals surface area contributed by atoms with Crippen LogP contribution in [0, 0.1) is 18.3 Å². The smallest absolute Gasteiger partial charge is 0.278 e. The first-order valence-electron chi connectivity index (χ1n) is 11.3. The summed E-state index contributed by atoms with van der Waals surface area (Å²) in [6, 6.07) is 10.2. The van der Waals surface area contributed by atoms with Gasteiger partial charge in [0.15, 0.2) is 0 Å². The second kappa shape index (κ2) is 8.64. The van der Waals surface area contributed by atoms with Gasteiger partial charge in [-0.3, -0.25) is 9.36 Å². The van der Waals surface area contributed by atoms with Gasteiger partial charge in [0.05, 0.1) is 18.4 Å². The minimum absolute atomic E-state index is 0.188. The summed E-state index contributed by atoms with van der Waals surface area (Å²) in [5, 5.41) is 14.4. The lowest BCUT2D eigenvalue weighted by atomic mass is 10.2. The molecule has 1 aliphatic rings. The van der Waals surface area contributed by atoms with Gasteiger partial charge in [-0.1, -0.05) is 18.2 Å². The van der Waals surface area contributed by atoms with E-state index in [-0.39, 0.29) is 12.1 Å². The highest BCUT2D eigenvalue weighted by Crippen LogP contribution is 2.30. The quantitative estimate of drug-likeness (QED) is 0.516. The van der Waals surface area contributed by atoms with E-state index in [1.54, 1.807) is 0 Å². The second-order valence-corrected chi connectivity index (χ2v) is 8.26. The molecular weight excluding hydrogens is 416 g/mol. The van der Waals surface area contributed by atoms with Crippen molar-refractivity contribution in [3.63, 3.8) is 0 Å². The summed E-state index contributed by atoms with van der Waals surface area (Å²) in [4.78, 5) is 29.6. The number of hydrogen-bond acceptors (Lipinski definition) is 7. The second-order valence-electron chi connectivity index (χ2n) is 8.26. The Hall–Kier alpha value is -3.77. The SMILES string of the molecule is CCn1c(N2CCCNCC2)c(C#N)c2ncn(Cc3nc(C)c4ccccc4n3)c(=O)c21. The van der Waals surface area contributed by atoms with E-state index in [1.807, 2.05) is 42.7 Å². The fourth-order valence-electron chi connectivity index (χ4n) is 4.68. The van der Waals surface area contributed by atoms with Gasteiger partial charge >= 0.3 is 0 Å². The molecule has 9 heteroatoms. The highest BCUT2D eigenvalue weighted by molar-refractivity contribution is 5.89. The van der Waals surface area contributed by atoms with Crippen molar-refractivity contribution in [2.45, 2.75) is 33.4 Å². The van der Waals surface area contributed by atoms with Crippen molar-refractivity contribution >= 4 is 27.8 Å². The van der Waals surface area contributed by atoms with Gasteiger partial charge in [0.1, 0.15) is 34.3 Å². The first-order chi connectivity index (χ1) is 16.1. The number of fused-ring (bicyclic) bond motifs is 2. The Bertz CT molecular complexity index is 1440. The predicted octanol–water partition coefficient (Wildman–Crippen LogP) is 2.19. The Kier molecular flexibility index (Phi) is 5.52. The Morgan fingerprint density at radius 1 is 1.18 bits per heavy atom. The number of anilines is 1. The summed E-state index contributed by atoms with van der Waals surface area (Å²) < 4.78 is 3.48. The first kappa shape index (κ1) is 21.1. The van der Waals surface area contributed by atoms with Crippen LogP contribution in [0.2, 0.25) is 0 Å². The highest BCUT2D eigenvalue weighted by atomic mass is 16.1. The maximum absolute atomic E-state index is 13.6. The molecule has 5 rings (SSSR count). The third kappa shape index (κ3) is 3.62. The number of benzene rings is 1. The Morgan fingerprint density at radius 3 is 2.85 bits per heavy atom. The maximum Gasteiger partial charge on any atom is 0.278 e. The summed E-state index contributed by atoms with van der Waals surface area (Å²) in [7, 11) is 0. The summed E-state index contributed by atoms with van der Waals surface area (Å²) in [5.41, 5.74) is 2.92. The van der Waals surface area contributed by atoms with E-state index in [0.29, 0.717) is 29.0 Å². The van der Waals surface area contributed by atoms with Crippen LogP contribution < -0.4 is 15.8 Å². The average Bonchev–Trinajstić information content (AvgIpc) is 2.95. The molecule has 0 atom stereocenters. The molecule has 0 aliphatic carbocycles. The summed E-state index contributed by atoms with van der Waals surface area (Å²) in [6.45, 7) is 8.12. The molecule has 9 nitrogen and oxygen atoms in total. The molecule has 4 heterocycles. The van der Waals surface area contributed by atoms with Gasteiger partial charge < -0.3 is 14.8 Å². The van der Waals surface area contributed by atoms with Gasteiger partial charge in [-0.15, -0.1) is 0 Å². The van der Waals surface area contributed by atoms with Gasteiger partial charge in [-0.25, -0.2) is 15.0 Å². The van der Waals surface area contributed by atoms with E-state index in [9.17, 15) is 10.1 Å². The number of para-hydroxylation sites is 1. The lowest BCUT2D eigenvalue weighted by Crippen LogP contribution is -2.31. The molecule has 0 radical (unpaired) electrons. The molecule has 0 amide bonds. The summed E-state index contributed by atoms with van der Waals surface area (Å²) >= 11 is 0. The third-order valence-electron chi connectivity index (χ3n) is 6.22. The molecule has 0 unspecified atom stereocenters. The minimum atomic E-state index is -0.188. The van der Waals surface area contributed by atoms with Crippen LogP contribution >= 0.6 is 0 Å². The van der Waals surface area contributed by atoms with Crippen molar-refractivity contribution in [2.24, 2.45) is 0 Å². The first-order valence-corrected chi connectivity index (χ1v) is 11.3. The molecule has 168 valence electrons. The average molecular weight is 443 g/mol. The highest BCUT2D eigenvalue weighted by Gasteiger charge is 2.25. The molecule has 1 fully saturated rings. The van der Waals surface area contributed by atoms with Gasteiger partial charge in [-0.05, 0) is 32.9 Å². The van der Waals surface area contributed by atoms with Crippen LogP contribution in [0.3, 0.4) is 0 Å². The van der Waals surface area contributed by atoms with Crippen LogP contribution in [0.15, 0.2) is 35.4 Å². The van der Waals surface area contributed by atoms with Crippen molar-refractivity contribution < 1.29 is 0 Å². The zero-order valence-electron chi connectivity index (χ0n) is 18.9. The standard InChI is InChI=1S/C24H26N8O/c1-3-32-22-21(18(13-25)23(32)30-11-6-9-26-10-12-30)27-15-31(24(22)33)14-20-28-16(2)17-7-4-5-8-19(17)29-20/h4-5,7-8,15,26H,3,6,9-12,14H2,1-2H3. The number of rotatable bonds is 4. The van der Waals surface area contributed by atoms with E-state index in [2.05, 4.69) is 31.2 Å². The van der Waals surface area contributed by atoms with Gasteiger partial charge in [0.2, 0.25) is 0 Å². The largest absolute Gasteiger partial charge is 0.356 e. The summed E-state index contributed by atoms with van der Waals surface area (Å²) in [6.07, 6.45) is 2.49. The molecule has 3 aromatic heterocycles. The van der Waals surface area contributed by atoms with Crippen LogP contribution in [0.5, 0.6) is 0 Å². The van der Waals surface area contributed by atoms with E-state index in [0.717, 1.165) is 55.0 Å². The number of aromatic nitrogens is 5. The number of hydrogen-bond donors (Lipinski definition) is 1. The van der Waals surface area contributed by atoms with Gasteiger partial charge in [0, 0.05) is 37.3 Å². The topological polar surface area (TPSA) is 105 Å². The predicted molar refractivity (Wildman–Crippen MR) is 127 cm³/mol. The van der Waals surface area contributed by atoms with Crippen molar-refractivity contribution in [1.82, 2.24) is 29.4 Å². The number of nitriles is 1. The van der Waals surface area contributed by atoms with Crippen LogP contribution in [-0.2, 0) is 13.1 Å². The third-order valence-corrected chi connectivity index (χ3v) is 6.22. The zero-order chi connectivity index (χ0) is 22.9. The molecular formula is C24H26N8O. The van der Waals surface area contributed by atoms with Crippen LogP contribution in [0.4, 0.5) is 5.82 Å². The van der Waals surface area contributed by atoms with Gasteiger partial charge in [-0.2, -0.15) is 5.26 Å². The normalized spacial score (nSPS) is 14.5. The molecule has 1 aromatic carbocycles. The monoisotopic (exact) mass is 442 g/mol. The van der Waals surface area contributed by atoms with Crippen molar-refractivity contribution in [3.8, 4) is 6.07 Å². The van der Waals surface area contributed by atoms with Crippen molar-refractivity contribution in [3.05, 3.63) is 58.0 Å². The molecule has 0 bridgehead atoms. The van der Waals surface area contributed by atoms with Gasteiger partial charge in [0.25, 0.3) is 5.56 Å². The Labute approximate surface area is 191 Å². The molecule has 4 aromatic rings. The molecule has 1 saturated heterocycles. The lowest BCUT2D eigenvalue weighted by Gasteiger charge is -2.24. The van der Waals surface area contributed by atoms with Crippen LogP contribution in [0.25, 0.3) is 21.9 Å². The van der Waals surface area contributed by atoms with E-state index in [1.165, 1.54) is 10.9 Å². The number of aryl methyl sites for hydroxylation is 2. The summed E-state index contributed by atoms with van der Waals surface area (Å²) in [5.74, 6) is 1.35. The molecule has 0 saturated carbocycles. The van der Waals surface area contributed by atoms with Crippen molar-refractivity contribution in [2.75, 3.05) is 31.1 Å². The Morgan fingerprint density at radius 2 is 2.03 bits per heavy atom. The van der Waals surface area contributed by atoms with E-state index >= 15 is 0 Å².